The zero-order valence-electron chi connectivity index (χ0n) is 12.3. The first-order valence-electron chi connectivity index (χ1n) is 6.35. The van der Waals surface area contributed by atoms with Gasteiger partial charge in [0, 0.05) is 7.05 Å². The molecule has 0 unspecified atom stereocenters. The molecular formula is C15H16N2O3S. The number of hydrogen-bond acceptors (Lipinski definition) is 5. The van der Waals surface area contributed by atoms with E-state index in [1.54, 1.807) is 38.2 Å². The van der Waals surface area contributed by atoms with Crippen molar-refractivity contribution in [3.63, 3.8) is 0 Å². The monoisotopic (exact) mass is 304 g/mol. The molecule has 21 heavy (non-hydrogen) atoms. The number of anilines is 1. The summed E-state index contributed by atoms with van der Waals surface area (Å²) in [5, 5.41) is 0.838. The zero-order chi connectivity index (χ0) is 15.6. The van der Waals surface area contributed by atoms with Crippen LogP contribution in [0.5, 0.6) is 0 Å². The number of hydrogen-bond donors (Lipinski definition) is 0. The number of methoxy groups -OCH3 is 1. The third kappa shape index (κ3) is 2.95. The lowest BCUT2D eigenvalue weighted by molar-refractivity contribution is 0.0601. The molecular weight excluding hydrogens is 288 g/mol. The number of rotatable bonds is 3. The highest BCUT2D eigenvalue weighted by atomic mass is 32.1. The predicted molar refractivity (Wildman–Crippen MR) is 82.1 cm³/mol. The average molecular weight is 304 g/mol. The van der Waals surface area contributed by atoms with E-state index >= 15 is 0 Å². The van der Waals surface area contributed by atoms with Crippen LogP contribution in [0.25, 0.3) is 0 Å². The number of aromatic nitrogens is 1. The van der Waals surface area contributed by atoms with Gasteiger partial charge in [-0.1, -0.05) is 12.1 Å². The summed E-state index contributed by atoms with van der Waals surface area (Å²) in [6.45, 7) is 3.66. The van der Waals surface area contributed by atoms with E-state index in [1.807, 2.05) is 6.92 Å². The lowest BCUT2D eigenvalue weighted by Crippen LogP contribution is -2.28. The molecule has 1 aromatic carbocycles. The van der Waals surface area contributed by atoms with Gasteiger partial charge >= 0.3 is 5.97 Å². The van der Waals surface area contributed by atoms with Gasteiger partial charge in [-0.25, -0.2) is 9.78 Å². The Morgan fingerprint density at radius 2 is 1.90 bits per heavy atom. The number of aryl methyl sites for hydroxylation is 2. The standard InChI is InChI=1S/C15H16N2O3S/c1-9-13(21-10(2)16-9)14(18)17(3)12-8-6-5-7-11(12)15(19)20-4/h5-8H,1-4H3. The molecule has 0 aliphatic rings. The fraction of sp³-hybridized carbons (Fsp3) is 0.267. The van der Waals surface area contributed by atoms with Crippen molar-refractivity contribution in [2.75, 3.05) is 19.1 Å². The van der Waals surface area contributed by atoms with Crippen molar-refractivity contribution in [2.45, 2.75) is 13.8 Å². The number of ether oxygens (including phenoxy) is 1. The van der Waals surface area contributed by atoms with Crippen molar-refractivity contribution in [1.29, 1.82) is 0 Å². The Morgan fingerprint density at radius 3 is 2.48 bits per heavy atom. The molecule has 0 aliphatic carbocycles. The molecule has 110 valence electrons. The molecule has 0 aliphatic heterocycles. The first-order chi connectivity index (χ1) is 9.95. The van der Waals surface area contributed by atoms with Crippen LogP contribution in [0.2, 0.25) is 0 Å². The summed E-state index contributed by atoms with van der Waals surface area (Å²) >= 11 is 1.35. The van der Waals surface area contributed by atoms with E-state index in [1.165, 1.54) is 23.3 Å². The third-order valence-electron chi connectivity index (χ3n) is 3.07. The van der Waals surface area contributed by atoms with Crippen LogP contribution in [-0.4, -0.2) is 31.0 Å². The number of benzene rings is 1. The minimum atomic E-state index is -0.470. The smallest absolute Gasteiger partial charge is 0.339 e. The maximum Gasteiger partial charge on any atom is 0.339 e. The van der Waals surface area contributed by atoms with E-state index in [0.717, 1.165) is 5.01 Å². The van der Waals surface area contributed by atoms with Crippen LogP contribution in [0.4, 0.5) is 5.69 Å². The topological polar surface area (TPSA) is 59.5 Å². The zero-order valence-corrected chi connectivity index (χ0v) is 13.2. The molecule has 1 amide bonds. The number of carbonyl (C=O) groups excluding carboxylic acids is 2. The fourth-order valence-corrected chi connectivity index (χ4v) is 2.94. The molecule has 0 saturated carbocycles. The van der Waals surface area contributed by atoms with E-state index in [9.17, 15) is 9.59 Å². The maximum absolute atomic E-state index is 12.6. The fourth-order valence-electron chi connectivity index (χ4n) is 2.04. The Kier molecular flexibility index (Phi) is 4.37. The lowest BCUT2D eigenvalue weighted by Gasteiger charge is -2.19. The summed E-state index contributed by atoms with van der Waals surface area (Å²) in [6.07, 6.45) is 0. The van der Waals surface area contributed by atoms with E-state index in [2.05, 4.69) is 4.98 Å². The summed E-state index contributed by atoms with van der Waals surface area (Å²) in [5.74, 6) is -0.656. The van der Waals surface area contributed by atoms with Crippen molar-refractivity contribution in [2.24, 2.45) is 0 Å². The van der Waals surface area contributed by atoms with Crippen LogP contribution in [0.15, 0.2) is 24.3 Å². The highest BCUT2D eigenvalue weighted by Crippen LogP contribution is 2.25. The van der Waals surface area contributed by atoms with E-state index in [0.29, 0.717) is 21.8 Å². The van der Waals surface area contributed by atoms with Gasteiger partial charge in [0.25, 0.3) is 5.91 Å². The van der Waals surface area contributed by atoms with Crippen molar-refractivity contribution in [3.8, 4) is 0 Å². The van der Waals surface area contributed by atoms with E-state index < -0.39 is 5.97 Å². The number of para-hydroxylation sites is 1. The van der Waals surface area contributed by atoms with Crippen LogP contribution in [0.1, 0.15) is 30.7 Å². The van der Waals surface area contributed by atoms with Gasteiger partial charge in [0.05, 0.1) is 29.1 Å². The van der Waals surface area contributed by atoms with Crippen molar-refractivity contribution < 1.29 is 14.3 Å². The molecule has 0 bridgehead atoms. The first-order valence-corrected chi connectivity index (χ1v) is 7.16. The summed E-state index contributed by atoms with van der Waals surface area (Å²) in [7, 11) is 2.95. The molecule has 0 fully saturated rings. The van der Waals surface area contributed by atoms with Crippen LogP contribution < -0.4 is 4.90 Å². The molecule has 0 atom stereocenters. The van der Waals surface area contributed by atoms with Gasteiger partial charge in [-0.05, 0) is 26.0 Å². The van der Waals surface area contributed by atoms with Crippen molar-refractivity contribution in [3.05, 3.63) is 45.4 Å². The Hall–Kier alpha value is -2.21. The molecule has 5 nitrogen and oxygen atoms in total. The molecule has 2 aromatic rings. The summed E-state index contributed by atoms with van der Waals surface area (Å²) in [6, 6.07) is 6.86. The second kappa shape index (κ2) is 6.05. The SMILES string of the molecule is COC(=O)c1ccccc1N(C)C(=O)c1sc(C)nc1C. The Bertz CT molecular complexity index is 694. The highest BCUT2D eigenvalue weighted by Gasteiger charge is 2.22. The Morgan fingerprint density at radius 1 is 1.24 bits per heavy atom. The first kappa shape index (κ1) is 15.2. The van der Waals surface area contributed by atoms with Gasteiger partial charge in [0.2, 0.25) is 0 Å². The Labute approximate surface area is 127 Å². The molecule has 1 heterocycles. The average Bonchev–Trinajstić information content (AvgIpc) is 2.83. The van der Waals surface area contributed by atoms with Gasteiger partial charge in [0.1, 0.15) is 4.88 Å². The number of carbonyl (C=O) groups is 2. The van der Waals surface area contributed by atoms with Gasteiger partial charge < -0.3 is 9.64 Å². The van der Waals surface area contributed by atoms with Gasteiger partial charge in [-0.3, -0.25) is 4.79 Å². The van der Waals surface area contributed by atoms with Gasteiger partial charge in [-0.2, -0.15) is 0 Å². The largest absolute Gasteiger partial charge is 0.465 e. The number of amides is 1. The van der Waals surface area contributed by atoms with Crippen LogP contribution in [0, 0.1) is 13.8 Å². The quantitative estimate of drug-likeness (QED) is 0.818. The van der Waals surface area contributed by atoms with E-state index in [-0.39, 0.29) is 5.91 Å². The predicted octanol–water partition coefficient (Wildman–Crippen LogP) is 2.82. The molecule has 1 aromatic heterocycles. The van der Waals surface area contributed by atoms with Crippen LogP contribution in [-0.2, 0) is 4.74 Å². The van der Waals surface area contributed by atoms with Gasteiger partial charge in [0.15, 0.2) is 0 Å². The second-order valence-corrected chi connectivity index (χ2v) is 5.72. The normalized spacial score (nSPS) is 10.3. The van der Waals surface area contributed by atoms with Gasteiger partial charge in [-0.15, -0.1) is 11.3 Å². The second-order valence-electron chi connectivity index (χ2n) is 4.52. The molecule has 6 heteroatoms. The lowest BCUT2D eigenvalue weighted by atomic mass is 10.1. The summed E-state index contributed by atoms with van der Waals surface area (Å²) < 4.78 is 4.75. The van der Waals surface area contributed by atoms with Crippen LogP contribution in [0.3, 0.4) is 0 Å². The van der Waals surface area contributed by atoms with Crippen molar-refractivity contribution in [1.82, 2.24) is 4.98 Å². The third-order valence-corrected chi connectivity index (χ3v) is 4.13. The summed E-state index contributed by atoms with van der Waals surface area (Å²) in [4.78, 5) is 30.7. The number of esters is 1. The number of nitrogens with zero attached hydrogens (tertiary/aromatic N) is 2. The van der Waals surface area contributed by atoms with E-state index in [4.69, 9.17) is 4.74 Å². The van der Waals surface area contributed by atoms with Crippen molar-refractivity contribution >= 4 is 28.9 Å². The maximum atomic E-state index is 12.6. The number of thiazole rings is 1. The minimum Gasteiger partial charge on any atom is -0.465 e. The highest BCUT2D eigenvalue weighted by molar-refractivity contribution is 7.13. The molecule has 0 spiro atoms. The molecule has 2 rings (SSSR count). The molecule has 0 radical (unpaired) electrons. The molecule has 0 saturated heterocycles. The molecule has 0 N–H and O–H groups in total. The summed E-state index contributed by atoms with van der Waals surface area (Å²) in [5.41, 5.74) is 1.57. The Balaban J connectivity index is 2.41. The van der Waals surface area contributed by atoms with Crippen LogP contribution >= 0.6 is 11.3 Å². The minimum absolute atomic E-state index is 0.186.